The highest BCUT2D eigenvalue weighted by molar-refractivity contribution is 6.76. The predicted octanol–water partition coefficient (Wildman–Crippen LogP) is 2.68. The van der Waals surface area contributed by atoms with Gasteiger partial charge < -0.3 is 13.3 Å². The van der Waals surface area contributed by atoms with E-state index in [0.717, 1.165) is 10.8 Å². The van der Waals surface area contributed by atoms with Gasteiger partial charge in [-0.15, -0.1) is 11.6 Å². The molecule has 1 rings (SSSR count). The highest BCUT2D eigenvalue weighted by atomic mass is 35.5. The summed E-state index contributed by atoms with van der Waals surface area (Å²) in [4.78, 5) is 0. The zero-order chi connectivity index (χ0) is 13.4. The molecule has 0 N–H and O–H groups in total. The molecule has 0 aromatic heterocycles. The van der Waals surface area contributed by atoms with Gasteiger partial charge in [-0.2, -0.15) is 0 Å². The Balaban J connectivity index is 3.20. The van der Waals surface area contributed by atoms with E-state index < -0.39 is 8.80 Å². The predicted molar refractivity (Wildman–Crippen MR) is 76.3 cm³/mol. The van der Waals surface area contributed by atoms with Crippen LogP contribution in [0.15, 0.2) is 24.3 Å². The molecule has 5 heteroatoms. The maximum absolute atomic E-state index is 5.99. The molecule has 0 aliphatic carbocycles. The van der Waals surface area contributed by atoms with Crippen molar-refractivity contribution in [2.45, 2.75) is 26.7 Å². The van der Waals surface area contributed by atoms with E-state index in [1.54, 1.807) is 0 Å². The Kier molecular flexibility index (Phi) is 6.89. The fraction of sp³-hybridized carbons (Fsp3) is 0.538. The molecule has 0 saturated carbocycles. The number of hydrogen-bond acceptors (Lipinski definition) is 3. The summed E-state index contributed by atoms with van der Waals surface area (Å²) < 4.78 is 17.6. The third kappa shape index (κ3) is 3.55. The van der Waals surface area contributed by atoms with Crippen LogP contribution < -0.4 is 5.19 Å². The van der Waals surface area contributed by atoms with Crippen molar-refractivity contribution in [2.24, 2.45) is 0 Å². The van der Waals surface area contributed by atoms with Crippen LogP contribution in [0.25, 0.3) is 0 Å². The van der Waals surface area contributed by atoms with Gasteiger partial charge in [0.1, 0.15) is 0 Å². The van der Waals surface area contributed by atoms with Gasteiger partial charge in [0.05, 0.1) is 0 Å². The largest absolute Gasteiger partial charge is 0.537 e. The standard InChI is InChI=1S/C13H21ClO3Si/c1-4-15-18(16-5-2,17-6-3)13-10-8-7-9-12(13)11-14/h7-10H,4-6,11H2,1-3H3. The molecule has 3 nitrogen and oxygen atoms in total. The first-order valence-corrected chi connectivity index (χ1v) is 8.56. The van der Waals surface area contributed by atoms with Crippen molar-refractivity contribution >= 4 is 25.6 Å². The van der Waals surface area contributed by atoms with Crippen LogP contribution in [0.5, 0.6) is 0 Å². The summed E-state index contributed by atoms with van der Waals surface area (Å²) in [5.74, 6) is 0.429. The number of alkyl halides is 1. The maximum atomic E-state index is 5.99. The third-order valence-corrected chi connectivity index (χ3v) is 5.94. The summed E-state index contributed by atoms with van der Waals surface area (Å²) in [6.45, 7) is 7.52. The molecule has 102 valence electrons. The lowest BCUT2D eigenvalue weighted by atomic mass is 10.2. The van der Waals surface area contributed by atoms with E-state index in [4.69, 9.17) is 24.9 Å². The van der Waals surface area contributed by atoms with Gasteiger partial charge in [0.15, 0.2) is 0 Å². The molecule has 0 unspecified atom stereocenters. The number of hydrogen-bond donors (Lipinski definition) is 0. The zero-order valence-corrected chi connectivity index (χ0v) is 13.0. The molecule has 0 spiro atoms. The lowest BCUT2D eigenvalue weighted by Crippen LogP contribution is -2.58. The van der Waals surface area contributed by atoms with Crippen LogP contribution in [0, 0.1) is 0 Å². The SMILES string of the molecule is CCO[Si](OCC)(OCC)c1ccccc1CCl. The molecular formula is C13H21ClO3Si. The Morgan fingerprint density at radius 1 is 0.944 bits per heavy atom. The van der Waals surface area contributed by atoms with E-state index in [2.05, 4.69) is 0 Å². The highest BCUT2D eigenvalue weighted by Crippen LogP contribution is 2.14. The van der Waals surface area contributed by atoms with Crippen molar-refractivity contribution in [1.82, 2.24) is 0 Å². The molecule has 0 amide bonds. The smallest absolute Gasteiger partial charge is 0.370 e. The normalized spacial score (nSPS) is 11.8. The first-order chi connectivity index (χ1) is 8.74. The first kappa shape index (κ1) is 15.7. The first-order valence-electron chi connectivity index (χ1n) is 6.30. The summed E-state index contributed by atoms with van der Waals surface area (Å²) >= 11 is 5.99. The van der Waals surface area contributed by atoms with Crippen LogP contribution in [-0.2, 0) is 19.2 Å². The fourth-order valence-corrected chi connectivity index (χ4v) is 4.93. The Labute approximate surface area is 115 Å². The monoisotopic (exact) mass is 288 g/mol. The molecule has 0 aliphatic heterocycles. The number of rotatable bonds is 8. The summed E-state index contributed by atoms with van der Waals surface area (Å²) in [5.41, 5.74) is 1.01. The Hall–Kier alpha value is -0.393. The lowest BCUT2D eigenvalue weighted by molar-refractivity contribution is 0.0858. The maximum Gasteiger partial charge on any atom is 0.537 e. The minimum absolute atomic E-state index is 0.429. The second-order valence-electron chi connectivity index (χ2n) is 3.65. The summed E-state index contributed by atoms with van der Waals surface area (Å²) in [6.07, 6.45) is 0. The second kappa shape index (κ2) is 7.91. The Morgan fingerprint density at radius 2 is 1.44 bits per heavy atom. The average Bonchev–Trinajstić information content (AvgIpc) is 2.39. The minimum Gasteiger partial charge on any atom is -0.370 e. The molecule has 0 atom stereocenters. The van der Waals surface area contributed by atoms with Crippen molar-refractivity contribution in [1.29, 1.82) is 0 Å². The van der Waals surface area contributed by atoms with Gasteiger partial charge in [-0.25, -0.2) is 0 Å². The van der Waals surface area contributed by atoms with E-state index in [-0.39, 0.29) is 0 Å². The van der Waals surface area contributed by atoms with Crippen molar-refractivity contribution in [2.75, 3.05) is 19.8 Å². The molecule has 0 heterocycles. The van der Waals surface area contributed by atoms with Gasteiger partial charge in [0.2, 0.25) is 0 Å². The van der Waals surface area contributed by atoms with E-state index >= 15 is 0 Å². The van der Waals surface area contributed by atoms with Gasteiger partial charge in [0.25, 0.3) is 0 Å². The van der Waals surface area contributed by atoms with Crippen LogP contribution in [0.2, 0.25) is 0 Å². The average molecular weight is 289 g/mol. The van der Waals surface area contributed by atoms with Crippen LogP contribution in [-0.4, -0.2) is 28.6 Å². The van der Waals surface area contributed by atoms with Crippen LogP contribution in [0.1, 0.15) is 26.3 Å². The van der Waals surface area contributed by atoms with Gasteiger partial charge in [-0.3, -0.25) is 0 Å². The van der Waals surface area contributed by atoms with Crippen molar-refractivity contribution in [3.63, 3.8) is 0 Å². The number of benzene rings is 1. The molecule has 0 fully saturated rings. The van der Waals surface area contributed by atoms with Gasteiger partial charge in [-0.05, 0) is 26.3 Å². The molecular weight excluding hydrogens is 268 g/mol. The highest BCUT2D eigenvalue weighted by Gasteiger charge is 2.44. The summed E-state index contributed by atoms with van der Waals surface area (Å²) in [7, 11) is -2.82. The topological polar surface area (TPSA) is 27.7 Å². The third-order valence-electron chi connectivity index (χ3n) is 2.49. The van der Waals surface area contributed by atoms with Gasteiger partial charge in [0, 0.05) is 30.9 Å². The van der Waals surface area contributed by atoms with Gasteiger partial charge in [-0.1, -0.05) is 24.3 Å². The molecule has 1 aromatic carbocycles. The van der Waals surface area contributed by atoms with Crippen molar-refractivity contribution < 1.29 is 13.3 Å². The minimum atomic E-state index is -2.82. The van der Waals surface area contributed by atoms with Gasteiger partial charge >= 0.3 is 8.80 Å². The van der Waals surface area contributed by atoms with E-state index in [1.807, 2.05) is 45.0 Å². The molecule has 0 bridgehead atoms. The molecule has 0 saturated heterocycles. The molecule has 1 aromatic rings. The summed E-state index contributed by atoms with van der Waals surface area (Å²) in [6, 6.07) is 7.90. The molecule has 18 heavy (non-hydrogen) atoms. The molecule has 0 radical (unpaired) electrons. The fourth-order valence-electron chi connectivity index (χ4n) is 1.86. The van der Waals surface area contributed by atoms with Crippen molar-refractivity contribution in [3.8, 4) is 0 Å². The summed E-state index contributed by atoms with van der Waals surface area (Å²) in [5, 5.41) is 0.977. The van der Waals surface area contributed by atoms with E-state index in [1.165, 1.54) is 0 Å². The lowest BCUT2D eigenvalue weighted by Gasteiger charge is -2.29. The zero-order valence-electron chi connectivity index (χ0n) is 11.2. The number of halogens is 1. The van der Waals surface area contributed by atoms with Crippen LogP contribution in [0.4, 0.5) is 0 Å². The molecule has 0 aliphatic rings. The quantitative estimate of drug-likeness (QED) is 0.544. The second-order valence-corrected chi connectivity index (χ2v) is 6.43. The van der Waals surface area contributed by atoms with Crippen LogP contribution in [0.3, 0.4) is 0 Å². The van der Waals surface area contributed by atoms with E-state index in [9.17, 15) is 0 Å². The Morgan fingerprint density at radius 3 is 1.89 bits per heavy atom. The van der Waals surface area contributed by atoms with E-state index in [0.29, 0.717) is 25.7 Å². The Bertz CT molecular complexity index is 343. The van der Waals surface area contributed by atoms with Crippen LogP contribution >= 0.6 is 11.6 Å². The van der Waals surface area contributed by atoms with Crippen molar-refractivity contribution in [3.05, 3.63) is 29.8 Å².